The van der Waals surface area contributed by atoms with Gasteiger partial charge in [0.05, 0.1) is 12.3 Å². The molecule has 1 rings (SSSR count). The lowest BCUT2D eigenvalue weighted by molar-refractivity contribution is -0.156. The molecule has 7 heteroatoms. The van der Waals surface area contributed by atoms with Crippen LogP contribution in [-0.4, -0.2) is 22.3 Å². The van der Waals surface area contributed by atoms with Gasteiger partial charge in [-0.25, -0.2) is 0 Å². The zero-order valence-corrected chi connectivity index (χ0v) is 16.4. The molecular formula is C18H23Cl3O4. The first kappa shape index (κ1) is 22.1. The molecule has 1 unspecified atom stereocenters. The monoisotopic (exact) mass is 408 g/mol. The Hall–Kier alpha value is -0.970. The van der Waals surface area contributed by atoms with E-state index in [0.29, 0.717) is 6.42 Å². The van der Waals surface area contributed by atoms with Crippen LogP contribution in [0.25, 0.3) is 0 Å². The van der Waals surface area contributed by atoms with Crippen molar-refractivity contribution in [3.8, 4) is 0 Å². The Kier molecular flexibility index (Phi) is 10.2. The number of alkyl halides is 3. The first-order chi connectivity index (χ1) is 11.8. The van der Waals surface area contributed by atoms with Gasteiger partial charge < -0.3 is 9.47 Å². The maximum absolute atomic E-state index is 12.3. The molecule has 0 saturated carbocycles. The van der Waals surface area contributed by atoms with E-state index in [1.54, 1.807) is 0 Å². The van der Waals surface area contributed by atoms with Crippen molar-refractivity contribution in [1.29, 1.82) is 0 Å². The van der Waals surface area contributed by atoms with Crippen LogP contribution in [0.4, 0.5) is 0 Å². The van der Waals surface area contributed by atoms with Crippen LogP contribution in [0, 0.1) is 5.92 Å². The zero-order chi connectivity index (χ0) is 18.7. The van der Waals surface area contributed by atoms with Gasteiger partial charge >= 0.3 is 11.9 Å². The normalized spacial score (nSPS) is 12.5. The van der Waals surface area contributed by atoms with E-state index in [1.807, 2.05) is 30.3 Å². The maximum Gasteiger partial charge on any atom is 0.309 e. The lowest BCUT2D eigenvalue weighted by Crippen LogP contribution is -2.24. The Morgan fingerprint density at radius 1 is 1.08 bits per heavy atom. The van der Waals surface area contributed by atoms with E-state index in [2.05, 4.69) is 6.92 Å². The SMILES string of the molecule is CCCCCC(CC(=O)OCC(Cl)(Cl)Cl)C(=O)OCc1ccccc1. The summed E-state index contributed by atoms with van der Waals surface area (Å²) in [6.45, 7) is 1.89. The van der Waals surface area contributed by atoms with Crippen molar-refractivity contribution < 1.29 is 19.1 Å². The fourth-order valence-corrected chi connectivity index (χ4v) is 2.38. The summed E-state index contributed by atoms with van der Waals surface area (Å²) in [4.78, 5) is 24.2. The van der Waals surface area contributed by atoms with Gasteiger partial charge in [-0.05, 0) is 12.0 Å². The Bertz CT molecular complexity index is 529. The number of benzene rings is 1. The van der Waals surface area contributed by atoms with Gasteiger partial charge in [0.25, 0.3) is 0 Å². The Morgan fingerprint density at radius 2 is 1.76 bits per heavy atom. The lowest BCUT2D eigenvalue weighted by atomic mass is 9.98. The van der Waals surface area contributed by atoms with Crippen LogP contribution >= 0.6 is 34.8 Å². The van der Waals surface area contributed by atoms with E-state index in [1.165, 1.54) is 0 Å². The molecule has 0 bridgehead atoms. The average molecular weight is 410 g/mol. The summed E-state index contributed by atoms with van der Waals surface area (Å²) in [5, 5.41) is 0. The van der Waals surface area contributed by atoms with Gasteiger partial charge in [0.15, 0.2) is 0 Å². The second-order valence-corrected chi connectivity index (χ2v) is 8.28. The molecule has 4 nitrogen and oxygen atoms in total. The average Bonchev–Trinajstić information content (AvgIpc) is 2.57. The van der Waals surface area contributed by atoms with Crippen molar-refractivity contribution in [2.75, 3.05) is 6.61 Å². The summed E-state index contributed by atoms with van der Waals surface area (Å²) in [7, 11) is 0. The van der Waals surface area contributed by atoms with Crippen LogP contribution in [0.5, 0.6) is 0 Å². The number of hydrogen-bond donors (Lipinski definition) is 0. The molecule has 0 spiro atoms. The van der Waals surface area contributed by atoms with Gasteiger partial charge in [-0.1, -0.05) is 91.3 Å². The number of carbonyl (C=O) groups is 2. The van der Waals surface area contributed by atoms with Gasteiger partial charge in [-0.3, -0.25) is 9.59 Å². The van der Waals surface area contributed by atoms with E-state index in [-0.39, 0.29) is 19.6 Å². The fraction of sp³-hybridized carbons (Fsp3) is 0.556. The minimum Gasteiger partial charge on any atom is -0.461 e. The number of esters is 2. The summed E-state index contributed by atoms with van der Waals surface area (Å²) in [6, 6.07) is 9.37. The molecule has 0 N–H and O–H groups in total. The van der Waals surface area contributed by atoms with Gasteiger partial charge in [-0.15, -0.1) is 0 Å². The van der Waals surface area contributed by atoms with Crippen molar-refractivity contribution in [2.45, 2.75) is 49.4 Å². The van der Waals surface area contributed by atoms with E-state index < -0.39 is 21.6 Å². The van der Waals surface area contributed by atoms with Crippen LogP contribution in [0.1, 0.15) is 44.6 Å². The quantitative estimate of drug-likeness (QED) is 0.302. The molecule has 0 aliphatic rings. The number of hydrogen-bond acceptors (Lipinski definition) is 4. The molecule has 0 amide bonds. The highest BCUT2D eigenvalue weighted by Crippen LogP contribution is 2.26. The summed E-state index contributed by atoms with van der Waals surface area (Å²) >= 11 is 16.7. The van der Waals surface area contributed by atoms with Crippen LogP contribution < -0.4 is 0 Å². The summed E-state index contributed by atoms with van der Waals surface area (Å²) < 4.78 is 8.59. The maximum atomic E-state index is 12.3. The van der Waals surface area contributed by atoms with Crippen molar-refractivity contribution in [1.82, 2.24) is 0 Å². The topological polar surface area (TPSA) is 52.6 Å². The zero-order valence-electron chi connectivity index (χ0n) is 14.2. The van der Waals surface area contributed by atoms with E-state index in [4.69, 9.17) is 44.3 Å². The predicted octanol–water partition coefficient (Wildman–Crippen LogP) is 5.23. The number of halogens is 3. The van der Waals surface area contributed by atoms with Crippen LogP contribution in [0.2, 0.25) is 0 Å². The predicted molar refractivity (Wildman–Crippen MR) is 99.7 cm³/mol. The molecule has 0 fully saturated rings. The largest absolute Gasteiger partial charge is 0.461 e. The highest BCUT2D eigenvalue weighted by molar-refractivity contribution is 6.67. The van der Waals surface area contributed by atoms with Gasteiger partial charge in [0, 0.05) is 0 Å². The molecule has 0 aromatic heterocycles. The number of unbranched alkanes of at least 4 members (excludes halogenated alkanes) is 2. The fourth-order valence-electron chi connectivity index (χ4n) is 2.21. The molecule has 0 aliphatic heterocycles. The number of ether oxygens (including phenoxy) is 2. The molecule has 1 aromatic rings. The Labute approximate surface area is 163 Å². The summed E-state index contributed by atoms with van der Waals surface area (Å²) in [5.41, 5.74) is 0.891. The third kappa shape index (κ3) is 10.6. The van der Waals surface area contributed by atoms with Gasteiger partial charge in [0.2, 0.25) is 3.79 Å². The second kappa shape index (κ2) is 11.6. The summed E-state index contributed by atoms with van der Waals surface area (Å²) in [5.74, 6) is -1.55. The molecule has 0 radical (unpaired) electrons. The van der Waals surface area contributed by atoms with E-state index in [0.717, 1.165) is 24.8 Å². The molecule has 140 valence electrons. The highest BCUT2D eigenvalue weighted by Gasteiger charge is 2.27. The second-order valence-electron chi connectivity index (χ2n) is 5.77. The third-order valence-corrected chi connectivity index (χ3v) is 3.85. The third-order valence-electron chi connectivity index (χ3n) is 3.52. The molecule has 0 aliphatic carbocycles. The van der Waals surface area contributed by atoms with E-state index in [9.17, 15) is 9.59 Å². The molecule has 0 heterocycles. The number of rotatable bonds is 10. The molecule has 1 atom stereocenters. The lowest BCUT2D eigenvalue weighted by Gasteiger charge is -2.17. The van der Waals surface area contributed by atoms with Crippen molar-refractivity contribution in [2.24, 2.45) is 5.92 Å². The Balaban J connectivity index is 2.55. The molecule has 1 aromatic carbocycles. The van der Waals surface area contributed by atoms with Crippen molar-refractivity contribution in [3.05, 3.63) is 35.9 Å². The minimum atomic E-state index is -1.67. The first-order valence-corrected chi connectivity index (χ1v) is 9.38. The summed E-state index contributed by atoms with van der Waals surface area (Å²) in [6.07, 6.45) is 3.30. The molecule has 0 saturated heterocycles. The molecular weight excluding hydrogens is 387 g/mol. The van der Waals surface area contributed by atoms with E-state index >= 15 is 0 Å². The minimum absolute atomic E-state index is 0.0852. The van der Waals surface area contributed by atoms with Crippen molar-refractivity contribution in [3.63, 3.8) is 0 Å². The first-order valence-electron chi connectivity index (χ1n) is 8.24. The van der Waals surface area contributed by atoms with Crippen LogP contribution in [-0.2, 0) is 25.7 Å². The van der Waals surface area contributed by atoms with Crippen LogP contribution in [0.15, 0.2) is 30.3 Å². The smallest absolute Gasteiger partial charge is 0.309 e. The van der Waals surface area contributed by atoms with Crippen LogP contribution in [0.3, 0.4) is 0 Å². The van der Waals surface area contributed by atoms with Crippen molar-refractivity contribution >= 4 is 46.7 Å². The van der Waals surface area contributed by atoms with Gasteiger partial charge in [-0.2, -0.15) is 0 Å². The Morgan fingerprint density at radius 3 is 2.36 bits per heavy atom. The standard InChI is InChI=1S/C18H23Cl3O4/c1-2-3-5-10-15(11-16(22)25-13-18(19,20)21)17(23)24-12-14-8-6-4-7-9-14/h4,6-9,15H,2-3,5,10-13H2,1H3. The molecule has 25 heavy (non-hydrogen) atoms. The highest BCUT2D eigenvalue weighted by atomic mass is 35.6. The number of carbonyl (C=O) groups excluding carboxylic acids is 2. The van der Waals surface area contributed by atoms with Gasteiger partial charge in [0.1, 0.15) is 13.2 Å².